The first-order valence-electron chi connectivity index (χ1n) is 10.9. The third-order valence-electron chi connectivity index (χ3n) is 6.20. The highest BCUT2D eigenvalue weighted by Crippen LogP contribution is 2.37. The van der Waals surface area contributed by atoms with Gasteiger partial charge in [0.25, 0.3) is 0 Å². The molecule has 1 aromatic rings. The van der Waals surface area contributed by atoms with E-state index in [1.807, 2.05) is 6.92 Å². The molecule has 0 aromatic heterocycles. The second-order valence-corrected chi connectivity index (χ2v) is 8.24. The maximum atomic E-state index is 5.55. The molecule has 0 saturated heterocycles. The van der Waals surface area contributed by atoms with Crippen molar-refractivity contribution in [3.8, 4) is 5.75 Å². The van der Waals surface area contributed by atoms with Crippen LogP contribution in [0.4, 0.5) is 0 Å². The molecule has 0 spiro atoms. The fraction of sp³-hybridized carbons (Fsp3) is 0.750. The summed E-state index contributed by atoms with van der Waals surface area (Å²) in [4.78, 5) is 0. The van der Waals surface area contributed by atoms with E-state index in [2.05, 4.69) is 38.1 Å². The van der Waals surface area contributed by atoms with Crippen molar-refractivity contribution in [1.29, 1.82) is 0 Å². The van der Waals surface area contributed by atoms with Crippen molar-refractivity contribution in [2.24, 2.45) is 17.8 Å². The molecule has 25 heavy (non-hydrogen) atoms. The van der Waals surface area contributed by atoms with Crippen molar-refractivity contribution >= 4 is 0 Å². The minimum Gasteiger partial charge on any atom is -0.494 e. The molecule has 0 heterocycles. The van der Waals surface area contributed by atoms with E-state index in [-0.39, 0.29) is 0 Å². The third kappa shape index (κ3) is 7.42. The Morgan fingerprint density at radius 2 is 1.60 bits per heavy atom. The van der Waals surface area contributed by atoms with Gasteiger partial charge in [-0.05, 0) is 61.6 Å². The third-order valence-corrected chi connectivity index (χ3v) is 6.20. The zero-order valence-corrected chi connectivity index (χ0v) is 16.9. The molecule has 1 nitrogen and oxygen atoms in total. The molecule has 0 bridgehead atoms. The van der Waals surface area contributed by atoms with E-state index in [1.165, 1.54) is 76.2 Å². The Morgan fingerprint density at radius 3 is 2.24 bits per heavy atom. The summed E-state index contributed by atoms with van der Waals surface area (Å²) < 4.78 is 5.55. The summed E-state index contributed by atoms with van der Waals surface area (Å²) in [7, 11) is 0. The zero-order valence-electron chi connectivity index (χ0n) is 16.9. The summed E-state index contributed by atoms with van der Waals surface area (Å²) in [5, 5.41) is 0. The van der Waals surface area contributed by atoms with Crippen LogP contribution >= 0.6 is 0 Å². The molecule has 1 unspecified atom stereocenters. The van der Waals surface area contributed by atoms with Gasteiger partial charge in [-0.25, -0.2) is 0 Å². The molecular formula is C24H40O. The number of hydrogen-bond acceptors (Lipinski definition) is 1. The molecule has 0 aliphatic heterocycles. The average Bonchev–Trinajstić information content (AvgIpc) is 2.64. The van der Waals surface area contributed by atoms with E-state index in [0.717, 1.165) is 30.1 Å². The molecule has 142 valence electrons. The largest absolute Gasteiger partial charge is 0.494 e. The number of benzene rings is 1. The van der Waals surface area contributed by atoms with Crippen LogP contribution in [0, 0.1) is 17.8 Å². The minimum absolute atomic E-state index is 0.748. The molecule has 2 rings (SSSR count). The van der Waals surface area contributed by atoms with Gasteiger partial charge in [-0.15, -0.1) is 0 Å². The lowest BCUT2D eigenvalue weighted by Gasteiger charge is -2.32. The topological polar surface area (TPSA) is 9.23 Å². The lowest BCUT2D eigenvalue weighted by molar-refractivity contribution is 0.204. The lowest BCUT2D eigenvalue weighted by Crippen LogP contribution is -2.21. The van der Waals surface area contributed by atoms with Gasteiger partial charge in [-0.3, -0.25) is 0 Å². The molecule has 1 aromatic carbocycles. The minimum atomic E-state index is 0.748. The van der Waals surface area contributed by atoms with E-state index < -0.39 is 0 Å². The van der Waals surface area contributed by atoms with Crippen LogP contribution in [0.15, 0.2) is 24.3 Å². The van der Waals surface area contributed by atoms with Crippen LogP contribution in [0.3, 0.4) is 0 Å². The fourth-order valence-electron chi connectivity index (χ4n) is 4.51. The number of rotatable bonds is 11. The average molecular weight is 345 g/mol. The van der Waals surface area contributed by atoms with Gasteiger partial charge in [-0.2, -0.15) is 0 Å². The van der Waals surface area contributed by atoms with Crippen LogP contribution in [-0.2, 0) is 6.42 Å². The van der Waals surface area contributed by atoms with E-state index in [1.54, 1.807) is 0 Å². The summed E-state index contributed by atoms with van der Waals surface area (Å²) in [6.45, 7) is 7.55. The van der Waals surface area contributed by atoms with Gasteiger partial charge in [0.05, 0.1) is 6.61 Å². The SMILES string of the molecule is CCCCCCCC1CCC(C(C)Cc2ccc(OCC)cc2)CC1. The Labute approximate surface area is 156 Å². The fourth-order valence-corrected chi connectivity index (χ4v) is 4.51. The Morgan fingerprint density at radius 1 is 0.920 bits per heavy atom. The number of ether oxygens (including phenoxy) is 1. The van der Waals surface area contributed by atoms with Gasteiger partial charge in [0, 0.05) is 0 Å². The normalized spacial score (nSPS) is 21.9. The lowest BCUT2D eigenvalue weighted by atomic mass is 9.73. The monoisotopic (exact) mass is 344 g/mol. The summed E-state index contributed by atoms with van der Waals surface area (Å²) in [5.41, 5.74) is 1.47. The van der Waals surface area contributed by atoms with E-state index in [4.69, 9.17) is 4.74 Å². The summed E-state index contributed by atoms with van der Waals surface area (Å²) in [5.74, 6) is 3.76. The van der Waals surface area contributed by atoms with Crippen LogP contribution in [0.5, 0.6) is 5.75 Å². The highest BCUT2D eigenvalue weighted by molar-refractivity contribution is 5.27. The van der Waals surface area contributed by atoms with Crippen molar-refractivity contribution in [3.63, 3.8) is 0 Å². The van der Waals surface area contributed by atoms with Crippen LogP contribution in [0.1, 0.15) is 90.5 Å². The quantitative estimate of drug-likeness (QED) is 0.379. The molecule has 1 aliphatic carbocycles. The second kappa shape index (κ2) is 11.6. The molecule has 0 radical (unpaired) electrons. The Hall–Kier alpha value is -0.980. The van der Waals surface area contributed by atoms with Crippen LogP contribution in [0.2, 0.25) is 0 Å². The molecule has 1 atom stereocenters. The maximum absolute atomic E-state index is 5.55. The van der Waals surface area contributed by atoms with Crippen molar-refractivity contribution in [2.45, 2.75) is 91.4 Å². The van der Waals surface area contributed by atoms with E-state index in [9.17, 15) is 0 Å². The van der Waals surface area contributed by atoms with E-state index in [0.29, 0.717) is 0 Å². The van der Waals surface area contributed by atoms with E-state index >= 15 is 0 Å². The highest BCUT2D eigenvalue weighted by Gasteiger charge is 2.25. The molecular weight excluding hydrogens is 304 g/mol. The van der Waals surface area contributed by atoms with Gasteiger partial charge in [-0.1, -0.05) is 77.3 Å². The van der Waals surface area contributed by atoms with Crippen molar-refractivity contribution in [3.05, 3.63) is 29.8 Å². The predicted molar refractivity (Wildman–Crippen MR) is 109 cm³/mol. The van der Waals surface area contributed by atoms with Gasteiger partial charge in [0.15, 0.2) is 0 Å². The van der Waals surface area contributed by atoms with Crippen molar-refractivity contribution in [1.82, 2.24) is 0 Å². The van der Waals surface area contributed by atoms with Gasteiger partial charge in [0.1, 0.15) is 5.75 Å². The number of hydrogen-bond donors (Lipinski definition) is 0. The predicted octanol–water partition coefficient (Wildman–Crippen LogP) is 7.43. The van der Waals surface area contributed by atoms with Gasteiger partial charge in [0.2, 0.25) is 0 Å². The summed E-state index contributed by atoms with van der Waals surface area (Å²) >= 11 is 0. The second-order valence-electron chi connectivity index (χ2n) is 8.24. The molecule has 1 aliphatic rings. The van der Waals surface area contributed by atoms with Gasteiger partial charge < -0.3 is 4.74 Å². The Bertz CT molecular complexity index is 442. The first-order chi connectivity index (χ1) is 12.2. The standard InChI is InChI=1S/C24H40O/c1-4-6-7-8-9-10-21-11-15-23(16-12-21)20(3)19-22-13-17-24(18-14-22)25-5-2/h13-14,17-18,20-21,23H,4-12,15-16,19H2,1-3H3. The summed E-state index contributed by atoms with van der Waals surface area (Å²) in [6.07, 6.45) is 15.7. The van der Waals surface area contributed by atoms with Crippen molar-refractivity contribution in [2.75, 3.05) is 6.61 Å². The Kier molecular flexibility index (Phi) is 9.43. The molecule has 1 heteroatoms. The Balaban J connectivity index is 1.65. The smallest absolute Gasteiger partial charge is 0.119 e. The van der Waals surface area contributed by atoms with Crippen LogP contribution < -0.4 is 4.74 Å². The zero-order chi connectivity index (χ0) is 17.9. The summed E-state index contributed by atoms with van der Waals surface area (Å²) in [6, 6.07) is 8.76. The first-order valence-corrected chi connectivity index (χ1v) is 10.9. The number of unbranched alkanes of at least 4 members (excludes halogenated alkanes) is 4. The molecule has 1 saturated carbocycles. The molecule has 0 N–H and O–H groups in total. The van der Waals surface area contributed by atoms with Crippen LogP contribution in [0.25, 0.3) is 0 Å². The first kappa shape index (κ1) is 20.3. The van der Waals surface area contributed by atoms with Crippen molar-refractivity contribution < 1.29 is 4.74 Å². The van der Waals surface area contributed by atoms with Gasteiger partial charge >= 0.3 is 0 Å². The maximum Gasteiger partial charge on any atom is 0.119 e. The van der Waals surface area contributed by atoms with Crippen LogP contribution in [-0.4, -0.2) is 6.61 Å². The molecule has 1 fully saturated rings. The molecule has 0 amide bonds. The highest BCUT2D eigenvalue weighted by atomic mass is 16.5.